The Labute approximate surface area is 109 Å². The first-order valence-electron chi connectivity index (χ1n) is 7.51. The summed E-state index contributed by atoms with van der Waals surface area (Å²) in [5, 5.41) is 0. The van der Waals surface area contributed by atoms with Gasteiger partial charge in [0.25, 0.3) is 0 Å². The third-order valence-electron chi connectivity index (χ3n) is 4.21. The Balaban J connectivity index is 1.94. The lowest BCUT2D eigenvalue weighted by atomic mass is 10.1. The summed E-state index contributed by atoms with van der Waals surface area (Å²) in [6.07, 6.45) is 10.9. The van der Waals surface area contributed by atoms with Crippen molar-refractivity contribution in [3.63, 3.8) is 0 Å². The first kappa shape index (κ1) is 13.3. The van der Waals surface area contributed by atoms with Crippen LogP contribution < -0.4 is 0 Å². The van der Waals surface area contributed by atoms with Gasteiger partial charge < -0.3 is 0 Å². The second-order valence-electron chi connectivity index (χ2n) is 5.48. The quantitative estimate of drug-likeness (QED) is 0.706. The number of rotatable bonds is 4. The topological polar surface area (TPSA) is 6.48 Å². The molecule has 0 radical (unpaired) electrons. The normalized spacial score (nSPS) is 25.5. The largest absolute Gasteiger partial charge is 0.291 e. The third kappa shape index (κ3) is 3.93. The molecule has 0 amide bonds. The summed E-state index contributed by atoms with van der Waals surface area (Å²) in [6.45, 7) is 7.59. The Morgan fingerprint density at radius 2 is 1.29 bits per heavy atom. The fraction of sp³-hybridized carbons (Fsp3) is 0.857. The number of allylic oxidation sites excluding steroid dienone is 1. The second-order valence-corrected chi connectivity index (χ2v) is 7.15. The van der Waals surface area contributed by atoms with E-state index in [-0.39, 0.29) is 9.52 Å². The van der Waals surface area contributed by atoms with E-state index in [4.69, 9.17) is 0 Å². The van der Waals surface area contributed by atoms with Gasteiger partial charge in [-0.1, -0.05) is 18.9 Å². The minimum Gasteiger partial charge on any atom is -0.291 e. The summed E-state index contributed by atoms with van der Waals surface area (Å²) in [6, 6.07) is 0. The molecule has 0 aromatic carbocycles. The van der Waals surface area contributed by atoms with Crippen molar-refractivity contribution in [3.05, 3.63) is 11.8 Å². The van der Waals surface area contributed by atoms with Crippen LogP contribution in [0, 0.1) is 0 Å². The summed E-state index contributed by atoms with van der Waals surface area (Å²) >= 11 is 0. The molecule has 2 saturated heterocycles. The fourth-order valence-electron chi connectivity index (χ4n) is 3.22. The molecular formula is C14H28N2Si. The lowest BCUT2D eigenvalue weighted by Crippen LogP contribution is -2.54. The van der Waals surface area contributed by atoms with E-state index in [0.29, 0.717) is 0 Å². The molecule has 0 aliphatic carbocycles. The van der Waals surface area contributed by atoms with Gasteiger partial charge in [0, 0.05) is 5.79 Å². The molecule has 2 nitrogen and oxygen atoms in total. The predicted octanol–water partition coefficient (Wildman–Crippen LogP) is 1.94. The number of likely N-dealkylation sites (tertiary alicyclic amines) is 2. The van der Waals surface area contributed by atoms with E-state index >= 15 is 0 Å². The van der Waals surface area contributed by atoms with Crippen molar-refractivity contribution < 1.29 is 0 Å². The van der Waals surface area contributed by atoms with Gasteiger partial charge >= 0.3 is 0 Å². The first-order chi connectivity index (χ1) is 8.42. The van der Waals surface area contributed by atoms with Gasteiger partial charge in [0.05, 0.1) is 9.52 Å². The summed E-state index contributed by atoms with van der Waals surface area (Å²) in [5.41, 5.74) is 2.49. The van der Waals surface area contributed by atoms with Gasteiger partial charge in [0.15, 0.2) is 0 Å². The van der Waals surface area contributed by atoms with Crippen LogP contribution in [0.3, 0.4) is 0 Å². The van der Waals surface area contributed by atoms with Gasteiger partial charge in [0.2, 0.25) is 0 Å². The van der Waals surface area contributed by atoms with Gasteiger partial charge in [-0.15, -0.1) is 5.70 Å². The minimum atomic E-state index is -0.0931. The highest BCUT2D eigenvalue weighted by molar-refractivity contribution is 6.43. The molecule has 0 spiro atoms. The Bertz CT molecular complexity index is 212. The van der Waals surface area contributed by atoms with Crippen LogP contribution >= 0.6 is 0 Å². The highest BCUT2D eigenvalue weighted by Gasteiger charge is 2.26. The van der Waals surface area contributed by atoms with Crippen LogP contribution in [0.1, 0.15) is 45.4 Å². The molecule has 0 atom stereocenters. The molecule has 17 heavy (non-hydrogen) atoms. The zero-order valence-corrected chi connectivity index (χ0v) is 12.8. The van der Waals surface area contributed by atoms with E-state index in [1.54, 1.807) is 0 Å². The second kappa shape index (κ2) is 7.34. The lowest BCUT2D eigenvalue weighted by molar-refractivity contribution is 0.0669. The van der Waals surface area contributed by atoms with Crippen molar-refractivity contribution in [2.75, 3.05) is 26.2 Å². The molecule has 0 aromatic heterocycles. The Kier molecular flexibility index (Phi) is 5.75. The molecule has 0 unspecified atom stereocenters. The zero-order chi connectivity index (χ0) is 11.9. The van der Waals surface area contributed by atoms with Gasteiger partial charge in [-0.25, -0.2) is 0 Å². The van der Waals surface area contributed by atoms with Crippen molar-refractivity contribution in [2.24, 2.45) is 0 Å². The molecule has 0 saturated carbocycles. The maximum absolute atomic E-state index is 2.79. The summed E-state index contributed by atoms with van der Waals surface area (Å²) in [5.74, 6) is 0.826. The van der Waals surface area contributed by atoms with Crippen molar-refractivity contribution in [2.45, 2.75) is 51.2 Å². The van der Waals surface area contributed by atoms with Crippen LogP contribution in [0.15, 0.2) is 11.8 Å². The molecule has 2 aliphatic rings. The van der Waals surface area contributed by atoms with Crippen molar-refractivity contribution >= 4 is 9.52 Å². The molecule has 2 rings (SSSR count). The molecule has 0 bridgehead atoms. The van der Waals surface area contributed by atoms with E-state index in [2.05, 4.69) is 28.5 Å². The van der Waals surface area contributed by atoms with Crippen molar-refractivity contribution in [1.82, 2.24) is 9.80 Å². The van der Waals surface area contributed by atoms with E-state index in [0.717, 1.165) is 5.79 Å². The van der Waals surface area contributed by atoms with E-state index in [1.165, 1.54) is 64.7 Å². The average molecular weight is 252 g/mol. The Morgan fingerprint density at radius 3 is 1.71 bits per heavy atom. The number of nitrogens with zero attached hydrogens (tertiary/aromatic N) is 2. The average Bonchev–Trinajstić information content (AvgIpc) is 2.42. The molecule has 0 aromatic rings. The van der Waals surface area contributed by atoms with E-state index in [9.17, 15) is 0 Å². The van der Waals surface area contributed by atoms with E-state index in [1.807, 2.05) is 0 Å². The molecule has 98 valence electrons. The molecular weight excluding hydrogens is 224 g/mol. The van der Waals surface area contributed by atoms with Crippen molar-refractivity contribution in [1.29, 1.82) is 0 Å². The molecule has 2 heterocycles. The molecule has 2 fully saturated rings. The smallest absolute Gasteiger partial charge is 0.0826 e. The van der Waals surface area contributed by atoms with Crippen LogP contribution in [0.2, 0.25) is 0 Å². The number of piperidine rings is 2. The first-order valence-corrected chi connectivity index (χ1v) is 9.14. The number of hydrogen-bond donors (Lipinski definition) is 0. The monoisotopic (exact) mass is 252 g/mol. The van der Waals surface area contributed by atoms with E-state index < -0.39 is 0 Å². The SMILES string of the molecule is CC=C[SiH2]C(N1CCCCC1)N1CCCCC1. The summed E-state index contributed by atoms with van der Waals surface area (Å²) in [7, 11) is -0.0931. The predicted molar refractivity (Wildman–Crippen MR) is 78.0 cm³/mol. The van der Waals surface area contributed by atoms with Crippen LogP contribution in [-0.4, -0.2) is 51.3 Å². The summed E-state index contributed by atoms with van der Waals surface area (Å²) < 4.78 is 0. The standard InChI is InChI=1S/C14H28N2Si/c1-2-13-17-14(15-9-5-3-6-10-15)16-11-7-4-8-12-16/h2,13-14H,3-12,17H2,1H3. The fourth-order valence-corrected chi connectivity index (χ4v) is 5.06. The summed E-state index contributed by atoms with van der Waals surface area (Å²) in [4.78, 5) is 5.59. The Morgan fingerprint density at radius 1 is 0.824 bits per heavy atom. The molecule has 0 N–H and O–H groups in total. The maximum atomic E-state index is 2.79. The minimum absolute atomic E-state index is 0.0931. The van der Waals surface area contributed by atoms with Crippen LogP contribution in [0.25, 0.3) is 0 Å². The van der Waals surface area contributed by atoms with Gasteiger partial charge in [-0.2, -0.15) is 0 Å². The highest BCUT2D eigenvalue weighted by atomic mass is 28.2. The highest BCUT2D eigenvalue weighted by Crippen LogP contribution is 2.18. The van der Waals surface area contributed by atoms with Crippen molar-refractivity contribution in [3.8, 4) is 0 Å². The van der Waals surface area contributed by atoms with Crippen LogP contribution in [-0.2, 0) is 0 Å². The Hall–Kier alpha value is -0.123. The third-order valence-corrected chi connectivity index (χ3v) is 6.40. The number of hydrogen-bond acceptors (Lipinski definition) is 2. The van der Waals surface area contributed by atoms with Gasteiger partial charge in [-0.05, 0) is 58.8 Å². The lowest BCUT2D eigenvalue weighted by Gasteiger charge is -2.42. The maximum Gasteiger partial charge on any atom is 0.0826 e. The van der Waals surface area contributed by atoms with Gasteiger partial charge in [0.1, 0.15) is 0 Å². The van der Waals surface area contributed by atoms with Crippen LogP contribution in [0.5, 0.6) is 0 Å². The zero-order valence-electron chi connectivity index (χ0n) is 11.4. The van der Waals surface area contributed by atoms with Crippen LogP contribution in [0.4, 0.5) is 0 Å². The van der Waals surface area contributed by atoms with Gasteiger partial charge in [-0.3, -0.25) is 9.80 Å². The molecule has 2 aliphatic heterocycles. The molecule has 3 heteroatoms.